The Morgan fingerprint density at radius 2 is 2.23 bits per heavy atom. The maximum absolute atomic E-state index is 10.8. The number of nitrogens with one attached hydrogen (secondary N) is 1. The third-order valence-electron chi connectivity index (χ3n) is 1.41. The van der Waals surface area contributed by atoms with E-state index in [0.29, 0.717) is 11.5 Å². The number of hydrogen-bond acceptors (Lipinski definition) is 4. The van der Waals surface area contributed by atoms with Crippen LogP contribution in [0.1, 0.15) is 23.2 Å². The molecule has 0 atom stereocenters. The molecule has 0 aromatic carbocycles. The van der Waals surface area contributed by atoms with Crippen molar-refractivity contribution in [3.8, 4) is 0 Å². The number of ketones is 1. The number of Topliss-reactive ketones (excluding diaryl/α,β-unsaturated/α-hetero) is 1. The second-order valence-corrected chi connectivity index (χ2v) is 5.01. The molecule has 0 radical (unpaired) electrons. The van der Waals surface area contributed by atoms with Gasteiger partial charge in [-0.15, -0.1) is 0 Å². The van der Waals surface area contributed by atoms with Crippen LogP contribution in [0, 0.1) is 0 Å². The Hall–Kier alpha value is -1.17. The van der Waals surface area contributed by atoms with Crippen molar-refractivity contribution in [3.63, 3.8) is 0 Å². The van der Waals surface area contributed by atoms with Gasteiger partial charge in [-0.2, -0.15) is 0 Å². The molecule has 1 N–H and O–H groups in total. The average Bonchev–Trinajstić information content (AvgIpc) is 2.31. The maximum atomic E-state index is 10.8. The summed E-state index contributed by atoms with van der Waals surface area (Å²) in [5, 5.41) is 0. The number of carbonyl (C=O) groups is 1. The second kappa shape index (κ2) is 3.29. The van der Waals surface area contributed by atoms with E-state index in [1.165, 1.54) is 13.1 Å². The molecule has 1 heterocycles. The van der Waals surface area contributed by atoms with Gasteiger partial charge < -0.3 is 4.98 Å². The van der Waals surface area contributed by atoms with Gasteiger partial charge in [0.15, 0.2) is 15.6 Å². The molecule has 0 amide bonds. The number of aromatic nitrogens is 2. The van der Waals surface area contributed by atoms with Gasteiger partial charge in [-0.05, 0) is 0 Å². The minimum atomic E-state index is -3.09. The van der Waals surface area contributed by atoms with Crippen LogP contribution in [0.15, 0.2) is 6.20 Å². The number of nitrogens with zero attached hydrogens (tertiary/aromatic N) is 1. The Bertz CT molecular complexity index is 419. The molecule has 1 aromatic rings. The first-order chi connectivity index (χ1) is 5.88. The Labute approximate surface area is 76.1 Å². The third kappa shape index (κ3) is 2.98. The highest BCUT2D eigenvalue weighted by Crippen LogP contribution is 2.01. The first-order valence-electron chi connectivity index (χ1n) is 3.61. The van der Waals surface area contributed by atoms with Gasteiger partial charge in [-0.1, -0.05) is 0 Å². The molecule has 1 rings (SSSR count). The van der Waals surface area contributed by atoms with E-state index in [9.17, 15) is 13.2 Å². The maximum Gasteiger partial charge on any atom is 0.177 e. The van der Waals surface area contributed by atoms with Crippen molar-refractivity contribution in [2.75, 3.05) is 6.26 Å². The van der Waals surface area contributed by atoms with Crippen molar-refractivity contribution in [3.05, 3.63) is 17.7 Å². The zero-order valence-corrected chi connectivity index (χ0v) is 8.18. The van der Waals surface area contributed by atoms with Crippen LogP contribution in [0.25, 0.3) is 0 Å². The molecule has 6 heteroatoms. The first-order valence-corrected chi connectivity index (χ1v) is 5.67. The van der Waals surface area contributed by atoms with Gasteiger partial charge in [0, 0.05) is 13.2 Å². The Kier molecular flexibility index (Phi) is 2.51. The SMILES string of the molecule is CC(=O)c1cnc(CS(C)(=O)=O)[nH]1. The van der Waals surface area contributed by atoms with E-state index in [1.54, 1.807) is 0 Å². The van der Waals surface area contributed by atoms with E-state index >= 15 is 0 Å². The van der Waals surface area contributed by atoms with E-state index in [0.717, 1.165) is 6.26 Å². The summed E-state index contributed by atoms with van der Waals surface area (Å²) in [6.45, 7) is 1.39. The molecule has 0 saturated heterocycles. The molecule has 72 valence electrons. The van der Waals surface area contributed by atoms with Crippen molar-refractivity contribution in [2.45, 2.75) is 12.7 Å². The number of carbonyl (C=O) groups excluding carboxylic acids is 1. The predicted octanol–water partition coefficient (Wildman–Crippen LogP) is 0.157. The number of sulfone groups is 1. The van der Waals surface area contributed by atoms with Gasteiger partial charge in [0.2, 0.25) is 0 Å². The predicted molar refractivity (Wildman–Crippen MR) is 47.1 cm³/mol. The highest BCUT2D eigenvalue weighted by molar-refractivity contribution is 7.89. The molecule has 13 heavy (non-hydrogen) atoms. The average molecular weight is 202 g/mol. The molecule has 0 bridgehead atoms. The molecule has 1 aromatic heterocycles. The summed E-state index contributed by atoms with van der Waals surface area (Å²) in [4.78, 5) is 17.2. The van der Waals surface area contributed by atoms with Crippen molar-refractivity contribution >= 4 is 15.6 Å². The number of imidazole rings is 1. The smallest absolute Gasteiger partial charge is 0.177 e. The molecule has 0 aliphatic carbocycles. The summed E-state index contributed by atoms with van der Waals surface area (Å²) < 4.78 is 21.7. The number of H-pyrrole nitrogens is 1. The summed E-state index contributed by atoms with van der Waals surface area (Å²) in [6.07, 6.45) is 2.45. The standard InChI is InChI=1S/C7H10N2O3S/c1-5(10)6-3-8-7(9-6)4-13(2,11)12/h3H,4H2,1-2H3,(H,8,9). The molecule has 0 aliphatic heterocycles. The van der Waals surface area contributed by atoms with Crippen molar-refractivity contribution in [1.82, 2.24) is 9.97 Å². The minimum absolute atomic E-state index is 0.160. The van der Waals surface area contributed by atoms with Gasteiger partial charge in [-0.25, -0.2) is 13.4 Å². The van der Waals surface area contributed by atoms with Gasteiger partial charge in [0.05, 0.1) is 6.20 Å². The molecular formula is C7H10N2O3S. The lowest BCUT2D eigenvalue weighted by Crippen LogP contribution is -2.02. The minimum Gasteiger partial charge on any atom is -0.339 e. The summed E-state index contributed by atoms with van der Waals surface area (Å²) >= 11 is 0. The fourth-order valence-corrected chi connectivity index (χ4v) is 1.51. The molecule has 0 aliphatic rings. The number of rotatable bonds is 3. The first kappa shape index (κ1) is 9.91. The lowest BCUT2D eigenvalue weighted by Gasteiger charge is -1.92. The van der Waals surface area contributed by atoms with Crippen LogP contribution in [0.5, 0.6) is 0 Å². The monoisotopic (exact) mass is 202 g/mol. The van der Waals surface area contributed by atoms with Crippen molar-refractivity contribution < 1.29 is 13.2 Å². The Balaban J connectivity index is 2.87. The van der Waals surface area contributed by atoms with Gasteiger partial charge in [0.25, 0.3) is 0 Å². The van der Waals surface area contributed by atoms with Crippen LogP contribution in [-0.2, 0) is 15.6 Å². The largest absolute Gasteiger partial charge is 0.339 e. The molecule has 0 saturated carbocycles. The normalized spacial score (nSPS) is 11.5. The summed E-state index contributed by atoms with van der Waals surface area (Å²) in [6, 6.07) is 0. The molecular weight excluding hydrogens is 192 g/mol. The van der Waals surface area contributed by atoms with Crippen LogP contribution in [0.4, 0.5) is 0 Å². The highest BCUT2D eigenvalue weighted by atomic mass is 32.2. The second-order valence-electron chi connectivity index (χ2n) is 2.87. The van der Waals surface area contributed by atoms with Crippen molar-refractivity contribution in [1.29, 1.82) is 0 Å². The third-order valence-corrected chi connectivity index (χ3v) is 2.20. The van der Waals surface area contributed by atoms with E-state index in [4.69, 9.17) is 0 Å². The molecule has 5 nitrogen and oxygen atoms in total. The zero-order valence-electron chi connectivity index (χ0n) is 7.36. The van der Waals surface area contributed by atoms with Gasteiger partial charge in [-0.3, -0.25) is 4.79 Å². The van der Waals surface area contributed by atoms with Gasteiger partial charge in [0.1, 0.15) is 17.3 Å². The lowest BCUT2D eigenvalue weighted by atomic mass is 10.3. The summed E-state index contributed by atoms with van der Waals surface area (Å²) in [5.74, 6) is -0.0275. The van der Waals surface area contributed by atoms with Crippen LogP contribution < -0.4 is 0 Å². The Morgan fingerprint density at radius 3 is 2.62 bits per heavy atom. The fourth-order valence-electron chi connectivity index (χ4n) is 0.863. The summed E-state index contributed by atoms with van der Waals surface area (Å²) in [7, 11) is -3.09. The zero-order chi connectivity index (χ0) is 10.1. The quantitative estimate of drug-likeness (QED) is 0.708. The van der Waals surface area contributed by atoms with E-state index < -0.39 is 9.84 Å². The van der Waals surface area contributed by atoms with Crippen LogP contribution in [-0.4, -0.2) is 30.4 Å². The van der Waals surface area contributed by atoms with Crippen LogP contribution in [0.3, 0.4) is 0 Å². The molecule has 0 fully saturated rings. The number of aromatic amines is 1. The van der Waals surface area contributed by atoms with Gasteiger partial charge >= 0.3 is 0 Å². The summed E-state index contributed by atoms with van der Waals surface area (Å²) in [5.41, 5.74) is 0.332. The van der Waals surface area contributed by atoms with E-state index in [-0.39, 0.29) is 11.5 Å². The van der Waals surface area contributed by atoms with Crippen LogP contribution >= 0.6 is 0 Å². The van der Waals surface area contributed by atoms with Crippen LogP contribution in [0.2, 0.25) is 0 Å². The fraction of sp³-hybridized carbons (Fsp3) is 0.429. The van der Waals surface area contributed by atoms with Crippen molar-refractivity contribution in [2.24, 2.45) is 0 Å². The highest BCUT2D eigenvalue weighted by Gasteiger charge is 2.09. The number of hydrogen-bond donors (Lipinski definition) is 1. The Morgan fingerprint density at radius 1 is 1.62 bits per heavy atom. The molecule has 0 spiro atoms. The molecule has 0 unspecified atom stereocenters. The lowest BCUT2D eigenvalue weighted by molar-refractivity contribution is 0.101. The van der Waals surface area contributed by atoms with E-state index in [2.05, 4.69) is 9.97 Å². The topological polar surface area (TPSA) is 79.9 Å². The van der Waals surface area contributed by atoms with E-state index in [1.807, 2.05) is 0 Å².